The van der Waals surface area contributed by atoms with Crippen LogP contribution in [-0.2, 0) is 4.74 Å². The number of phenolic OH excluding ortho intramolecular Hbond substituents is 2. The number of alkyl halides is 2. The quantitative estimate of drug-likeness (QED) is 0.510. The van der Waals surface area contributed by atoms with Crippen LogP contribution in [0.4, 0.5) is 0 Å². The summed E-state index contributed by atoms with van der Waals surface area (Å²) < 4.78 is 6.43. The SMILES string of the molecule is CC1(C)O[C@]2(C[C@H]3C(C)(C)[C@@H](Cl)CC[C@]3(C)O)C(=O)c3cc(O)cc(O)c3C(=O)C2=C[C@H]1Cl. The van der Waals surface area contributed by atoms with E-state index in [1.807, 2.05) is 13.8 Å². The number of carbonyl (C=O) groups is 2. The second-order valence-corrected chi connectivity index (χ2v) is 12.0. The molecule has 8 heteroatoms. The summed E-state index contributed by atoms with van der Waals surface area (Å²) in [5.41, 5.74) is -4.76. The topological polar surface area (TPSA) is 104 Å². The number of ketones is 2. The van der Waals surface area contributed by atoms with Gasteiger partial charge in [0.25, 0.3) is 0 Å². The van der Waals surface area contributed by atoms with Gasteiger partial charge >= 0.3 is 0 Å². The van der Waals surface area contributed by atoms with E-state index in [4.69, 9.17) is 27.9 Å². The fourth-order valence-electron chi connectivity index (χ4n) is 5.85. The molecule has 2 aliphatic carbocycles. The molecule has 1 heterocycles. The molecule has 0 radical (unpaired) electrons. The van der Waals surface area contributed by atoms with E-state index in [-0.39, 0.29) is 34.2 Å². The van der Waals surface area contributed by atoms with Crippen LogP contribution in [0.5, 0.6) is 11.5 Å². The first-order chi connectivity index (χ1) is 15.0. The van der Waals surface area contributed by atoms with Crippen molar-refractivity contribution in [2.75, 3.05) is 0 Å². The number of ether oxygens (including phenoxy) is 1. The van der Waals surface area contributed by atoms with Crippen LogP contribution >= 0.6 is 23.2 Å². The Kier molecular flexibility index (Phi) is 5.53. The summed E-state index contributed by atoms with van der Waals surface area (Å²) in [5.74, 6) is -2.48. The van der Waals surface area contributed by atoms with Gasteiger partial charge in [0.15, 0.2) is 17.2 Å². The minimum Gasteiger partial charge on any atom is -0.508 e. The van der Waals surface area contributed by atoms with Crippen molar-refractivity contribution >= 4 is 34.8 Å². The Balaban J connectivity index is 1.97. The molecule has 1 aromatic carbocycles. The van der Waals surface area contributed by atoms with E-state index in [1.165, 1.54) is 12.1 Å². The van der Waals surface area contributed by atoms with Gasteiger partial charge in [-0.3, -0.25) is 9.59 Å². The van der Waals surface area contributed by atoms with Crippen molar-refractivity contribution in [1.82, 2.24) is 0 Å². The van der Waals surface area contributed by atoms with Crippen molar-refractivity contribution < 1.29 is 29.6 Å². The van der Waals surface area contributed by atoms with Gasteiger partial charge in [-0.15, -0.1) is 23.2 Å². The van der Waals surface area contributed by atoms with Crippen LogP contribution in [0.15, 0.2) is 23.8 Å². The molecule has 0 aromatic heterocycles. The summed E-state index contributed by atoms with van der Waals surface area (Å²) in [6.07, 6.45) is 2.58. The highest BCUT2D eigenvalue weighted by Gasteiger charge is 2.62. The second-order valence-electron chi connectivity index (χ2n) is 11.0. The molecule has 180 valence electrons. The van der Waals surface area contributed by atoms with Crippen LogP contribution in [0.1, 0.15) is 74.6 Å². The first-order valence-electron chi connectivity index (χ1n) is 11.1. The highest BCUT2D eigenvalue weighted by molar-refractivity contribution is 6.30. The Morgan fingerprint density at radius 1 is 1.09 bits per heavy atom. The van der Waals surface area contributed by atoms with Crippen LogP contribution in [0, 0.1) is 11.3 Å². The van der Waals surface area contributed by atoms with Gasteiger partial charge in [-0.05, 0) is 57.4 Å². The molecular formula is C25H30Cl2O6. The van der Waals surface area contributed by atoms with Gasteiger partial charge in [0, 0.05) is 22.6 Å². The number of halogens is 2. The Morgan fingerprint density at radius 2 is 1.73 bits per heavy atom. The van der Waals surface area contributed by atoms with E-state index >= 15 is 0 Å². The molecular weight excluding hydrogens is 467 g/mol. The summed E-state index contributed by atoms with van der Waals surface area (Å²) in [5, 5.41) is 30.9. The molecule has 0 bridgehead atoms. The van der Waals surface area contributed by atoms with Crippen molar-refractivity contribution in [2.45, 2.75) is 81.4 Å². The van der Waals surface area contributed by atoms with E-state index in [9.17, 15) is 24.9 Å². The summed E-state index contributed by atoms with van der Waals surface area (Å²) in [4.78, 5) is 27.7. The maximum Gasteiger partial charge on any atom is 0.200 e. The molecule has 0 unspecified atom stereocenters. The van der Waals surface area contributed by atoms with E-state index in [1.54, 1.807) is 20.8 Å². The molecule has 0 spiro atoms. The lowest BCUT2D eigenvalue weighted by molar-refractivity contribution is -0.152. The van der Waals surface area contributed by atoms with Gasteiger partial charge in [-0.1, -0.05) is 19.9 Å². The fourth-order valence-corrected chi connectivity index (χ4v) is 6.28. The third kappa shape index (κ3) is 3.53. The van der Waals surface area contributed by atoms with Gasteiger partial charge in [-0.2, -0.15) is 0 Å². The van der Waals surface area contributed by atoms with Crippen LogP contribution in [-0.4, -0.2) is 54.4 Å². The largest absolute Gasteiger partial charge is 0.508 e. The third-order valence-electron chi connectivity index (χ3n) is 7.89. The zero-order valence-electron chi connectivity index (χ0n) is 19.4. The van der Waals surface area contributed by atoms with E-state index in [0.29, 0.717) is 12.8 Å². The number of phenols is 2. The van der Waals surface area contributed by atoms with E-state index in [0.717, 1.165) is 6.07 Å². The molecule has 1 aromatic rings. The van der Waals surface area contributed by atoms with Gasteiger partial charge < -0.3 is 20.1 Å². The number of Topliss-reactive ketones (excluding diaryl/α,β-unsaturated/α-hetero) is 2. The van der Waals surface area contributed by atoms with Crippen molar-refractivity contribution in [3.63, 3.8) is 0 Å². The summed E-state index contributed by atoms with van der Waals surface area (Å²) >= 11 is 13.2. The number of aliphatic hydroxyl groups is 1. The molecule has 1 saturated carbocycles. The lowest BCUT2D eigenvalue weighted by Gasteiger charge is -2.55. The lowest BCUT2D eigenvalue weighted by Crippen LogP contribution is -2.63. The zero-order chi connectivity index (χ0) is 24.7. The molecule has 3 aliphatic rings. The third-order valence-corrected chi connectivity index (χ3v) is 9.32. The number of hydrogen-bond donors (Lipinski definition) is 3. The van der Waals surface area contributed by atoms with Crippen LogP contribution in [0.2, 0.25) is 0 Å². The summed E-state index contributed by atoms with van der Waals surface area (Å²) in [7, 11) is 0. The van der Waals surface area contributed by atoms with Gasteiger partial charge in [-0.25, -0.2) is 0 Å². The Bertz CT molecular complexity index is 1070. The maximum atomic E-state index is 14.1. The molecule has 4 rings (SSSR count). The minimum atomic E-state index is -1.75. The fraction of sp³-hybridized carbons (Fsp3) is 0.600. The number of aromatic hydroxyl groups is 2. The molecule has 1 aliphatic heterocycles. The van der Waals surface area contributed by atoms with Gasteiger partial charge in [0.2, 0.25) is 0 Å². The predicted octanol–water partition coefficient (Wildman–Crippen LogP) is 4.74. The first kappa shape index (κ1) is 24.5. The zero-order valence-corrected chi connectivity index (χ0v) is 20.9. The van der Waals surface area contributed by atoms with E-state index in [2.05, 4.69) is 0 Å². The van der Waals surface area contributed by atoms with Crippen molar-refractivity contribution in [1.29, 1.82) is 0 Å². The van der Waals surface area contributed by atoms with Crippen LogP contribution < -0.4 is 0 Å². The number of fused-ring (bicyclic) bond motifs is 2. The minimum absolute atomic E-state index is 0.00444. The number of carbonyl (C=O) groups excluding carboxylic acids is 2. The summed E-state index contributed by atoms with van der Waals surface area (Å²) in [6, 6.07) is 2.20. The maximum absolute atomic E-state index is 14.1. The average Bonchev–Trinajstić information content (AvgIpc) is 2.68. The van der Waals surface area contributed by atoms with E-state index < -0.39 is 50.8 Å². The van der Waals surface area contributed by atoms with Crippen molar-refractivity contribution in [3.05, 3.63) is 34.9 Å². The molecule has 1 fully saturated rings. The molecule has 0 amide bonds. The number of benzene rings is 1. The molecule has 5 atom stereocenters. The lowest BCUT2D eigenvalue weighted by atomic mass is 9.56. The number of hydrogen-bond acceptors (Lipinski definition) is 6. The van der Waals surface area contributed by atoms with Crippen molar-refractivity contribution in [2.24, 2.45) is 11.3 Å². The second kappa shape index (κ2) is 7.45. The first-order valence-corrected chi connectivity index (χ1v) is 12.0. The van der Waals surface area contributed by atoms with Crippen LogP contribution in [0.3, 0.4) is 0 Å². The normalized spacial score (nSPS) is 37.2. The average molecular weight is 497 g/mol. The van der Waals surface area contributed by atoms with Gasteiger partial charge in [0.1, 0.15) is 11.5 Å². The predicted molar refractivity (Wildman–Crippen MR) is 125 cm³/mol. The highest BCUT2D eigenvalue weighted by atomic mass is 35.5. The smallest absolute Gasteiger partial charge is 0.200 e. The molecule has 6 nitrogen and oxygen atoms in total. The standard InChI is InChI=1S/C25H30Cl2O6/c1-22(2)16(24(5,32)7-6-17(22)26)11-25-14(10-18(27)23(3,4)33-25)20(30)19-13(21(25)31)8-12(28)9-15(19)29/h8-10,16-18,28-29,32H,6-7,11H2,1-5H3/t16-,17-,18+,24-,25-/m0/s1. The molecule has 3 N–H and O–H groups in total. The Labute approximate surface area is 203 Å². The van der Waals surface area contributed by atoms with Crippen LogP contribution in [0.25, 0.3) is 0 Å². The monoisotopic (exact) mass is 496 g/mol. The highest BCUT2D eigenvalue weighted by Crippen LogP contribution is 2.56. The van der Waals surface area contributed by atoms with Gasteiger partial charge in [0.05, 0.1) is 22.1 Å². The van der Waals surface area contributed by atoms with Crippen molar-refractivity contribution in [3.8, 4) is 11.5 Å². The Morgan fingerprint density at radius 3 is 2.36 bits per heavy atom. The Hall–Kier alpha value is -1.60. The summed E-state index contributed by atoms with van der Waals surface area (Å²) in [6.45, 7) is 9.09. The molecule has 0 saturated heterocycles. The molecule has 33 heavy (non-hydrogen) atoms. The number of rotatable bonds is 2.